The van der Waals surface area contributed by atoms with Gasteiger partial charge in [0.1, 0.15) is 0 Å². The molecule has 0 bridgehead atoms. The van der Waals surface area contributed by atoms with Crippen molar-refractivity contribution in [1.82, 2.24) is 5.32 Å². The highest BCUT2D eigenvalue weighted by molar-refractivity contribution is 4.97. The molecule has 0 spiro atoms. The molecular formula is C8H16N2O. The molecule has 2 heterocycles. The third-order valence-corrected chi connectivity index (χ3v) is 3.20. The highest BCUT2D eigenvalue weighted by Gasteiger charge is 2.43. The lowest BCUT2D eigenvalue weighted by molar-refractivity contribution is -0.0102. The highest BCUT2D eigenvalue weighted by Crippen LogP contribution is 2.37. The lowest BCUT2D eigenvalue weighted by Gasteiger charge is -2.37. The van der Waals surface area contributed by atoms with Crippen molar-refractivity contribution in [3.05, 3.63) is 0 Å². The quantitative estimate of drug-likeness (QED) is 0.541. The van der Waals surface area contributed by atoms with Crippen LogP contribution in [-0.2, 0) is 4.74 Å². The number of rotatable bonds is 1. The molecule has 2 atom stereocenters. The maximum absolute atomic E-state index is 5.78. The van der Waals surface area contributed by atoms with Gasteiger partial charge in [0, 0.05) is 31.0 Å². The van der Waals surface area contributed by atoms with Gasteiger partial charge in [-0.1, -0.05) is 0 Å². The Kier molecular flexibility index (Phi) is 1.87. The van der Waals surface area contributed by atoms with Crippen molar-refractivity contribution in [2.24, 2.45) is 17.1 Å². The van der Waals surface area contributed by atoms with E-state index in [4.69, 9.17) is 10.5 Å². The Labute approximate surface area is 67.3 Å². The summed E-state index contributed by atoms with van der Waals surface area (Å²) in [4.78, 5) is 0. The van der Waals surface area contributed by atoms with Gasteiger partial charge in [-0.25, -0.2) is 0 Å². The average Bonchev–Trinajstić information content (AvgIpc) is 2.48. The molecule has 2 saturated heterocycles. The fraction of sp³-hybridized carbons (Fsp3) is 1.00. The molecular weight excluding hydrogens is 140 g/mol. The number of hydrogen-bond acceptors (Lipinski definition) is 3. The first-order chi connectivity index (χ1) is 5.37. The molecule has 0 amide bonds. The van der Waals surface area contributed by atoms with Gasteiger partial charge in [0.25, 0.3) is 0 Å². The van der Waals surface area contributed by atoms with Crippen LogP contribution in [0.1, 0.15) is 6.42 Å². The Morgan fingerprint density at radius 1 is 1.64 bits per heavy atom. The van der Waals surface area contributed by atoms with Crippen LogP contribution in [0.4, 0.5) is 0 Å². The molecule has 0 aromatic rings. The van der Waals surface area contributed by atoms with Gasteiger partial charge < -0.3 is 15.8 Å². The standard InChI is InChI=1S/C8H16N2O/c9-5-8-1-2-11-4-7(8)3-10-6-8/h7,10H,1-6,9H2. The monoisotopic (exact) mass is 156 g/mol. The van der Waals surface area contributed by atoms with E-state index in [1.54, 1.807) is 0 Å². The molecule has 2 aliphatic heterocycles. The maximum atomic E-state index is 5.78. The summed E-state index contributed by atoms with van der Waals surface area (Å²) in [6, 6.07) is 0. The highest BCUT2D eigenvalue weighted by atomic mass is 16.5. The van der Waals surface area contributed by atoms with Crippen LogP contribution >= 0.6 is 0 Å². The summed E-state index contributed by atoms with van der Waals surface area (Å²) in [6.45, 7) is 4.81. The normalized spacial score (nSPS) is 43.9. The fourth-order valence-electron chi connectivity index (χ4n) is 2.23. The van der Waals surface area contributed by atoms with Gasteiger partial charge in [0.05, 0.1) is 6.61 Å². The average molecular weight is 156 g/mol. The zero-order valence-electron chi connectivity index (χ0n) is 6.81. The van der Waals surface area contributed by atoms with Crippen LogP contribution in [-0.4, -0.2) is 32.8 Å². The summed E-state index contributed by atoms with van der Waals surface area (Å²) in [5.41, 5.74) is 6.16. The van der Waals surface area contributed by atoms with Gasteiger partial charge >= 0.3 is 0 Å². The minimum Gasteiger partial charge on any atom is -0.381 e. The van der Waals surface area contributed by atoms with E-state index in [1.165, 1.54) is 0 Å². The predicted molar refractivity (Wildman–Crippen MR) is 43.3 cm³/mol. The predicted octanol–water partition coefficient (Wildman–Crippen LogP) is -0.429. The summed E-state index contributed by atoms with van der Waals surface area (Å²) < 4.78 is 5.41. The van der Waals surface area contributed by atoms with Crippen molar-refractivity contribution < 1.29 is 4.74 Å². The third kappa shape index (κ3) is 1.08. The number of nitrogens with two attached hydrogens (primary N) is 1. The number of fused-ring (bicyclic) bond motifs is 1. The molecule has 3 heteroatoms. The van der Waals surface area contributed by atoms with E-state index < -0.39 is 0 Å². The minimum atomic E-state index is 0.373. The third-order valence-electron chi connectivity index (χ3n) is 3.20. The van der Waals surface area contributed by atoms with E-state index in [0.717, 1.165) is 39.3 Å². The molecule has 3 N–H and O–H groups in total. The van der Waals surface area contributed by atoms with Crippen LogP contribution in [0.2, 0.25) is 0 Å². The number of nitrogens with one attached hydrogen (secondary N) is 1. The smallest absolute Gasteiger partial charge is 0.0512 e. The van der Waals surface area contributed by atoms with E-state index in [-0.39, 0.29) is 0 Å². The van der Waals surface area contributed by atoms with Crippen LogP contribution in [0.15, 0.2) is 0 Å². The van der Waals surface area contributed by atoms with Gasteiger partial charge in [-0.05, 0) is 13.0 Å². The molecule has 0 aromatic heterocycles. The van der Waals surface area contributed by atoms with Crippen molar-refractivity contribution in [3.8, 4) is 0 Å². The Morgan fingerprint density at radius 2 is 2.55 bits per heavy atom. The van der Waals surface area contributed by atoms with Crippen LogP contribution in [0, 0.1) is 11.3 Å². The second-order valence-electron chi connectivity index (χ2n) is 3.72. The largest absolute Gasteiger partial charge is 0.381 e. The van der Waals surface area contributed by atoms with Crippen LogP contribution in [0.25, 0.3) is 0 Å². The molecule has 2 unspecified atom stereocenters. The van der Waals surface area contributed by atoms with E-state index in [0.29, 0.717) is 11.3 Å². The van der Waals surface area contributed by atoms with Gasteiger partial charge in [-0.3, -0.25) is 0 Å². The van der Waals surface area contributed by atoms with Crippen molar-refractivity contribution in [1.29, 1.82) is 0 Å². The Morgan fingerprint density at radius 3 is 3.27 bits per heavy atom. The Bertz CT molecular complexity index is 151. The minimum absolute atomic E-state index is 0.373. The maximum Gasteiger partial charge on any atom is 0.0512 e. The lowest BCUT2D eigenvalue weighted by atomic mass is 9.75. The Hall–Kier alpha value is -0.120. The van der Waals surface area contributed by atoms with E-state index in [2.05, 4.69) is 5.32 Å². The van der Waals surface area contributed by atoms with Gasteiger partial charge in [0.2, 0.25) is 0 Å². The molecule has 3 nitrogen and oxygen atoms in total. The SMILES string of the molecule is NCC12CCOCC1CNC2. The summed E-state index contributed by atoms with van der Waals surface area (Å²) in [7, 11) is 0. The zero-order valence-corrected chi connectivity index (χ0v) is 6.81. The summed E-state index contributed by atoms with van der Waals surface area (Å²) >= 11 is 0. The first kappa shape index (κ1) is 7.53. The molecule has 0 saturated carbocycles. The summed E-state index contributed by atoms with van der Waals surface area (Å²) in [5.74, 6) is 0.668. The second kappa shape index (κ2) is 2.73. The first-order valence-corrected chi connectivity index (χ1v) is 4.36. The second-order valence-corrected chi connectivity index (χ2v) is 3.72. The zero-order chi connectivity index (χ0) is 7.73. The first-order valence-electron chi connectivity index (χ1n) is 4.36. The van der Waals surface area contributed by atoms with E-state index in [9.17, 15) is 0 Å². The molecule has 11 heavy (non-hydrogen) atoms. The molecule has 2 fully saturated rings. The molecule has 0 aliphatic carbocycles. The Balaban J connectivity index is 2.12. The van der Waals surface area contributed by atoms with E-state index in [1.807, 2.05) is 0 Å². The van der Waals surface area contributed by atoms with Crippen molar-refractivity contribution in [2.45, 2.75) is 6.42 Å². The molecule has 0 radical (unpaired) electrons. The molecule has 2 rings (SSSR count). The number of ether oxygens (including phenoxy) is 1. The number of hydrogen-bond donors (Lipinski definition) is 2. The van der Waals surface area contributed by atoms with Gasteiger partial charge in [-0.2, -0.15) is 0 Å². The van der Waals surface area contributed by atoms with Crippen molar-refractivity contribution >= 4 is 0 Å². The van der Waals surface area contributed by atoms with Gasteiger partial charge in [0.15, 0.2) is 0 Å². The van der Waals surface area contributed by atoms with E-state index >= 15 is 0 Å². The molecule has 0 aromatic carbocycles. The van der Waals surface area contributed by atoms with Crippen molar-refractivity contribution in [2.75, 3.05) is 32.8 Å². The van der Waals surface area contributed by atoms with Crippen LogP contribution < -0.4 is 11.1 Å². The van der Waals surface area contributed by atoms with Crippen molar-refractivity contribution in [3.63, 3.8) is 0 Å². The molecule has 2 aliphatic rings. The van der Waals surface area contributed by atoms with Crippen LogP contribution in [0.3, 0.4) is 0 Å². The summed E-state index contributed by atoms with van der Waals surface area (Å²) in [6.07, 6.45) is 1.14. The van der Waals surface area contributed by atoms with Gasteiger partial charge in [-0.15, -0.1) is 0 Å². The lowest BCUT2D eigenvalue weighted by Crippen LogP contribution is -2.44. The molecule has 64 valence electrons. The topological polar surface area (TPSA) is 47.3 Å². The fourth-order valence-corrected chi connectivity index (χ4v) is 2.23. The van der Waals surface area contributed by atoms with Crippen LogP contribution in [0.5, 0.6) is 0 Å². The summed E-state index contributed by atoms with van der Waals surface area (Å²) in [5, 5.41) is 3.40.